The predicted molar refractivity (Wildman–Crippen MR) is 120 cm³/mol. The number of anilines is 1. The molecule has 1 saturated carbocycles. The number of piperidine rings is 1. The first-order chi connectivity index (χ1) is 16.2. The fraction of sp³-hybridized carbons (Fsp3) is 0.348. The molecule has 0 bridgehead atoms. The smallest absolute Gasteiger partial charge is 0.226 e. The van der Waals surface area contributed by atoms with Crippen LogP contribution in [0.4, 0.5) is 5.82 Å². The van der Waals surface area contributed by atoms with Crippen molar-refractivity contribution >= 4 is 28.1 Å². The number of nitrogens with one attached hydrogen (secondary N) is 1. The lowest BCUT2D eigenvalue weighted by atomic mass is 9.97. The number of H-pyrrole nitrogens is 1. The average Bonchev–Trinajstić information content (AvgIpc) is 3.26. The summed E-state index contributed by atoms with van der Waals surface area (Å²) in [5.74, 6) is 2.61. The highest BCUT2D eigenvalue weighted by atomic mass is 16.5. The van der Waals surface area contributed by atoms with E-state index in [4.69, 9.17) is 24.6 Å². The van der Waals surface area contributed by atoms with E-state index in [0.29, 0.717) is 35.3 Å². The second kappa shape index (κ2) is 6.61. The maximum atomic E-state index is 6.26. The lowest BCUT2D eigenvalue weighted by molar-refractivity contribution is 0.379. The Labute approximate surface area is 188 Å². The summed E-state index contributed by atoms with van der Waals surface area (Å²) in [6.07, 6.45) is 6.25. The number of aryl methyl sites for hydroxylation is 1. The minimum absolute atomic E-state index is 0.0973. The van der Waals surface area contributed by atoms with Gasteiger partial charge in [-0.05, 0) is 37.3 Å². The molecular formula is C23H22N8O2. The number of pyridine rings is 1. The lowest BCUT2D eigenvalue weighted by Gasteiger charge is -2.26. The van der Waals surface area contributed by atoms with Crippen molar-refractivity contribution in [2.75, 3.05) is 24.5 Å². The molecule has 1 aliphatic heterocycles. The maximum absolute atomic E-state index is 6.26. The Morgan fingerprint density at radius 2 is 2.24 bits per heavy atom. The van der Waals surface area contributed by atoms with Crippen LogP contribution in [0, 0.1) is 18.8 Å². The molecule has 0 spiro atoms. The van der Waals surface area contributed by atoms with Crippen LogP contribution in [0.25, 0.3) is 33.5 Å². The van der Waals surface area contributed by atoms with Crippen LogP contribution in [0.15, 0.2) is 45.8 Å². The molecule has 10 nitrogen and oxygen atoms in total. The van der Waals surface area contributed by atoms with Crippen LogP contribution in [0.2, 0.25) is 0 Å². The SMILES string of the molecule is Cc1cc([C@@]2(CN)[C@@H]3CCN(c4cnc5c(-c6coc7ncccc67)[nH]nc5n4)C[C@@H]32)no1. The van der Waals surface area contributed by atoms with E-state index in [1.165, 1.54) is 0 Å². The summed E-state index contributed by atoms with van der Waals surface area (Å²) in [6.45, 7) is 4.26. The molecule has 166 valence electrons. The Bertz CT molecular complexity index is 1500. The second-order valence-electron chi connectivity index (χ2n) is 9.02. The topological polar surface area (TPSA) is 136 Å². The molecule has 0 aromatic carbocycles. The molecule has 10 heteroatoms. The molecule has 7 rings (SSSR count). The van der Waals surface area contributed by atoms with E-state index in [9.17, 15) is 0 Å². The third kappa shape index (κ3) is 2.55. The van der Waals surface area contributed by atoms with Crippen LogP contribution in [-0.4, -0.2) is 49.9 Å². The van der Waals surface area contributed by atoms with E-state index < -0.39 is 0 Å². The molecule has 5 aromatic rings. The molecule has 6 heterocycles. The van der Waals surface area contributed by atoms with Gasteiger partial charge in [0.15, 0.2) is 0 Å². The third-order valence-corrected chi connectivity index (χ3v) is 7.46. The normalized spacial score (nSPS) is 24.5. The van der Waals surface area contributed by atoms with Crippen LogP contribution < -0.4 is 10.6 Å². The fourth-order valence-corrected chi connectivity index (χ4v) is 5.75. The monoisotopic (exact) mass is 442 g/mol. The minimum Gasteiger partial charge on any atom is -0.445 e. The van der Waals surface area contributed by atoms with Crippen molar-refractivity contribution < 1.29 is 8.94 Å². The van der Waals surface area contributed by atoms with Gasteiger partial charge in [0.2, 0.25) is 11.4 Å². The molecule has 2 fully saturated rings. The van der Waals surface area contributed by atoms with Crippen LogP contribution in [0.3, 0.4) is 0 Å². The molecular weight excluding hydrogens is 420 g/mol. The van der Waals surface area contributed by atoms with E-state index in [1.807, 2.05) is 31.3 Å². The first-order valence-corrected chi connectivity index (χ1v) is 11.1. The fourth-order valence-electron chi connectivity index (χ4n) is 5.75. The van der Waals surface area contributed by atoms with Gasteiger partial charge in [-0.2, -0.15) is 5.10 Å². The van der Waals surface area contributed by atoms with Crippen LogP contribution in [0.5, 0.6) is 0 Å². The lowest BCUT2D eigenvalue weighted by Crippen LogP contribution is -2.32. The zero-order valence-corrected chi connectivity index (χ0v) is 18.0. The van der Waals surface area contributed by atoms with Crippen LogP contribution in [-0.2, 0) is 5.41 Å². The van der Waals surface area contributed by atoms with Gasteiger partial charge in [-0.15, -0.1) is 0 Å². The van der Waals surface area contributed by atoms with Gasteiger partial charge in [-0.1, -0.05) is 5.16 Å². The number of hydrogen-bond donors (Lipinski definition) is 2. The van der Waals surface area contributed by atoms with E-state index in [-0.39, 0.29) is 5.41 Å². The Balaban J connectivity index is 1.20. The molecule has 0 amide bonds. The summed E-state index contributed by atoms with van der Waals surface area (Å²) in [5.41, 5.74) is 10.7. The summed E-state index contributed by atoms with van der Waals surface area (Å²) in [5, 5.41) is 12.7. The Kier molecular flexibility index (Phi) is 3.76. The van der Waals surface area contributed by atoms with Crippen molar-refractivity contribution in [2.45, 2.75) is 18.8 Å². The number of nitrogens with two attached hydrogens (primary N) is 1. The molecule has 33 heavy (non-hydrogen) atoms. The van der Waals surface area contributed by atoms with Crippen molar-refractivity contribution in [2.24, 2.45) is 17.6 Å². The Hall–Kier alpha value is -3.79. The zero-order valence-electron chi connectivity index (χ0n) is 18.0. The standard InChI is InChI=1S/C23H22N8O2/c1-12-7-17(30-33-12)23(11-24)15-4-6-31(9-16(15)23)18-8-26-20-19(28-29-21(20)27-18)14-10-32-22-13(14)3-2-5-25-22/h2-3,5,7-8,10,15-16H,4,6,9,11,24H2,1H3,(H,27,28,29)/t15-,16+,23+/m1/s1. The summed E-state index contributed by atoms with van der Waals surface area (Å²) in [6, 6.07) is 5.88. The van der Waals surface area contributed by atoms with Crippen LogP contribution >= 0.6 is 0 Å². The molecule has 0 unspecified atom stereocenters. The summed E-state index contributed by atoms with van der Waals surface area (Å²) < 4.78 is 10.9. The highest BCUT2D eigenvalue weighted by Gasteiger charge is 2.67. The quantitative estimate of drug-likeness (QED) is 0.430. The van der Waals surface area contributed by atoms with Gasteiger partial charge in [0.25, 0.3) is 0 Å². The van der Waals surface area contributed by atoms with Gasteiger partial charge in [0, 0.05) is 48.3 Å². The largest absolute Gasteiger partial charge is 0.445 e. The Morgan fingerprint density at radius 1 is 1.30 bits per heavy atom. The van der Waals surface area contributed by atoms with Gasteiger partial charge in [-0.25, -0.2) is 15.0 Å². The second-order valence-corrected chi connectivity index (χ2v) is 9.02. The summed E-state index contributed by atoms with van der Waals surface area (Å²) >= 11 is 0. The maximum Gasteiger partial charge on any atom is 0.226 e. The third-order valence-electron chi connectivity index (χ3n) is 7.46. The van der Waals surface area contributed by atoms with Crippen molar-refractivity contribution in [3.63, 3.8) is 0 Å². The number of nitrogens with zero attached hydrogens (tertiary/aromatic N) is 6. The number of furan rings is 1. The van der Waals surface area contributed by atoms with E-state index in [0.717, 1.165) is 53.4 Å². The highest BCUT2D eigenvalue weighted by molar-refractivity contribution is 5.98. The van der Waals surface area contributed by atoms with Gasteiger partial charge in [0.05, 0.1) is 17.6 Å². The van der Waals surface area contributed by atoms with Gasteiger partial charge in [0.1, 0.15) is 23.4 Å². The van der Waals surface area contributed by atoms with Gasteiger partial charge >= 0.3 is 0 Å². The summed E-state index contributed by atoms with van der Waals surface area (Å²) in [7, 11) is 0. The molecule has 5 aromatic heterocycles. The first-order valence-electron chi connectivity index (χ1n) is 11.1. The molecule has 3 N–H and O–H groups in total. The first kappa shape index (κ1) is 18.8. The minimum atomic E-state index is -0.0973. The van der Waals surface area contributed by atoms with Crippen LogP contribution in [0.1, 0.15) is 17.9 Å². The van der Waals surface area contributed by atoms with Gasteiger partial charge < -0.3 is 19.6 Å². The van der Waals surface area contributed by atoms with Crippen molar-refractivity contribution in [1.82, 2.24) is 30.3 Å². The van der Waals surface area contributed by atoms with Crippen molar-refractivity contribution in [3.05, 3.63) is 48.3 Å². The molecule has 1 aliphatic carbocycles. The number of fused-ring (bicyclic) bond motifs is 3. The van der Waals surface area contributed by atoms with Crippen molar-refractivity contribution in [3.8, 4) is 11.3 Å². The predicted octanol–water partition coefficient (Wildman–Crippen LogP) is 2.81. The van der Waals surface area contributed by atoms with Gasteiger partial charge in [-0.3, -0.25) is 5.10 Å². The van der Waals surface area contributed by atoms with E-state index in [1.54, 1.807) is 12.5 Å². The summed E-state index contributed by atoms with van der Waals surface area (Å²) in [4.78, 5) is 16.1. The number of aromatic amines is 1. The zero-order chi connectivity index (χ0) is 22.2. The highest BCUT2D eigenvalue weighted by Crippen LogP contribution is 2.62. The average molecular weight is 442 g/mol. The molecule has 2 aliphatic rings. The number of aromatic nitrogens is 6. The number of rotatable bonds is 4. The molecule has 0 radical (unpaired) electrons. The van der Waals surface area contributed by atoms with E-state index in [2.05, 4.69) is 25.2 Å². The molecule has 3 atom stereocenters. The number of hydrogen-bond acceptors (Lipinski definition) is 9. The Morgan fingerprint density at radius 3 is 3.09 bits per heavy atom. The van der Waals surface area contributed by atoms with Crippen molar-refractivity contribution in [1.29, 1.82) is 0 Å². The van der Waals surface area contributed by atoms with E-state index >= 15 is 0 Å². The molecule has 1 saturated heterocycles.